The number of alkyl carbamates (subject to hydrolysis) is 1. The maximum Gasteiger partial charge on any atom is 0.407 e. The van der Waals surface area contributed by atoms with Crippen molar-refractivity contribution in [1.82, 2.24) is 20.1 Å². The lowest BCUT2D eigenvalue weighted by atomic mass is 10.1. The van der Waals surface area contributed by atoms with Gasteiger partial charge in [0, 0.05) is 44.1 Å². The first kappa shape index (κ1) is 15.5. The van der Waals surface area contributed by atoms with Crippen molar-refractivity contribution >= 4 is 6.09 Å². The first-order valence-electron chi connectivity index (χ1n) is 7.63. The molecule has 3 heterocycles. The number of ether oxygens (including phenoxy) is 2. The van der Waals surface area contributed by atoms with Crippen LogP contribution in [0.2, 0.25) is 0 Å². The minimum Gasteiger partial charge on any atom is -0.449 e. The first-order chi connectivity index (χ1) is 11.2. The Morgan fingerprint density at radius 1 is 1.48 bits per heavy atom. The van der Waals surface area contributed by atoms with Gasteiger partial charge >= 0.3 is 6.09 Å². The van der Waals surface area contributed by atoms with Crippen molar-refractivity contribution in [3.8, 4) is 11.3 Å². The summed E-state index contributed by atoms with van der Waals surface area (Å²) in [5.74, 6) is 0.321. The van der Waals surface area contributed by atoms with E-state index in [0.717, 1.165) is 29.8 Å². The van der Waals surface area contributed by atoms with Crippen molar-refractivity contribution in [2.24, 2.45) is 13.0 Å². The molecule has 1 atom stereocenters. The molecule has 23 heavy (non-hydrogen) atoms. The number of amides is 1. The highest BCUT2D eigenvalue weighted by atomic mass is 16.6. The number of nitrogens with one attached hydrogen (secondary N) is 1. The minimum atomic E-state index is -0.409. The second-order valence-electron chi connectivity index (χ2n) is 5.64. The number of carbonyl (C=O) groups excluding carboxylic acids is 1. The van der Waals surface area contributed by atoms with E-state index in [1.54, 1.807) is 17.1 Å². The van der Waals surface area contributed by atoms with Crippen LogP contribution >= 0.6 is 0 Å². The molecule has 7 heteroatoms. The number of pyridine rings is 1. The molecule has 0 radical (unpaired) electrons. The molecule has 3 rings (SSSR count). The molecule has 0 aliphatic carbocycles. The molecule has 7 nitrogen and oxygen atoms in total. The van der Waals surface area contributed by atoms with E-state index in [1.165, 1.54) is 0 Å². The van der Waals surface area contributed by atoms with Crippen molar-refractivity contribution in [2.75, 3.05) is 19.8 Å². The summed E-state index contributed by atoms with van der Waals surface area (Å²) in [5, 5.41) is 6.85. The predicted molar refractivity (Wildman–Crippen MR) is 83.6 cm³/mol. The molecule has 1 amide bonds. The van der Waals surface area contributed by atoms with Gasteiger partial charge in [-0.3, -0.25) is 9.67 Å². The normalized spacial score (nSPS) is 17.2. The largest absolute Gasteiger partial charge is 0.449 e. The van der Waals surface area contributed by atoms with E-state index in [-0.39, 0.29) is 0 Å². The highest BCUT2D eigenvalue weighted by Gasteiger charge is 2.17. The highest BCUT2D eigenvalue weighted by molar-refractivity contribution is 5.67. The van der Waals surface area contributed by atoms with Crippen LogP contribution in [0.25, 0.3) is 11.3 Å². The van der Waals surface area contributed by atoms with Gasteiger partial charge in [-0.1, -0.05) is 6.07 Å². The predicted octanol–water partition coefficient (Wildman–Crippen LogP) is 1.74. The number of carbonyl (C=O) groups is 1. The monoisotopic (exact) mass is 316 g/mol. The summed E-state index contributed by atoms with van der Waals surface area (Å²) >= 11 is 0. The SMILES string of the molecule is Cn1cc(-c2ccc(CNC(=O)OC[C@@H]3CCOC3)cn2)cn1. The molecule has 1 fully saturated rings. The molecule has 2 aromatic rings. The molecule has 122 valence electrons. The van der Waals surface area contributed by atoms with Crippen molar-refractivity contribution < 1.29 is 14.3 Å². The van der Waals surface area contributed by atoms with E-state index in [1.807, 2.05) is 25.4 Å². The Kier molecular flexibility index (Phi) is 4.87. The van der Waals surface area contributed by atoms with Gasteiger partial charge in [-0.05, 0) is 18.1 Å². The molecular weight excluding hydrogens is 296 g/mol. The van der Waals surface area contributed by atoms with Gasteiger partial charge in [0.05, 0.1) is 25.1 Å². The molecule has 0 saturated carbocycles. The van der Waals surface area contributed by atoms with Crippen molar-refractivity contribution in [2.45, 2.75) is 13.0 Å². The summed E-state index contributed by atoms with van der Waals surface area (Å²) in [6.45, 7) is 2.22. The average molecular weight is 316 g/mol. The van der Waals surface area contributed by atoms with E-state index < -0.39 is 6.09 Å². The lowest BCUT2D eigenvalue weighted by Gasteiger charge is -2.10. The number of hydrogen-bond donors (Lipinski definition) is 1. The second kappa shape index (κ2) is 7.23. The van der Waals surface area contributed by atoms with Crippen molar-refractivity contribution in [3.05, 3.63) is 36.3 Å². The van der Waals surface area contributed by atoms with Gasteiger partial charge < -0.3 is 14.8 Å². The van der Waals surface area contributed by atoms with E-state index in [0.29, 0.717) is 25.7 Å². The Hall–Kier alpha value is -2.41. The number of rotatable bonds is 5. The van der Waals surface area contributed by atoms with Gasteiger partial charge in [0.2, 0.25) is 0 Å². The zero-order valence-electron chi connectivity index (χ0n) is 13.1. The Morgan fingerprint density at radius 3 is 3.04 bits per heavy atom. The number of aromatic nitrogens is 3. The standard InChI is InChI=1S/C16H20N4O3/c1-20-9-14(8-19-20)15-3-2-12(6-17-15)7-18-16(21)23-11-13-4-5-22-10-13/h2-3,6,8-9,13H,4-5,7,10-11H2,1H3,(H,18,21)/t13-/m1/s1. The van der Waals surface area contributed by atoms with Crippen LogP contribution in [0.5, 0.6) is 0 Å². The molecule has 0 aromatic carbocycles. The molecule has 1 N–H and O–H groups in total. The summed E-state index contributed by atoms with van der Waals surface area (Å²) in [6.07, 6.45) is 5.96. The van der Waals surface area contributed by atoms with Crippen LogP contribution in [0.1, 0.15) is 12.0 Å². The molecule has 1 aliphatic heterocycles. The Labute approximate surface area is 134 Å². The van der Waals surface area contributed by atoms with Crippen LogP contribution in [0.3, 0.4) is 0 Å². The van der Waals surface area contributed by atoms with Crippen LogP contribution in [0, 0.1) is 5.92 Å². The number of aryl methyl sites for hydroxylation is 1. The summed E-state index contributed by atoms with van der Waals surface area (Å²) < 4.78 is 12.2. The van der Waals surface area contributed by atoms with Crippen LogP contribution < -0.4 is 5.32 Å². The average Bonchev–Trinajstić information content (AvgIpc) is 3.23. The van der Waals surface area contributed by atoms with Crippen LogP contribution in [-0.4, -0.2) is 40.7 Å². The molecule has 2 aromatic heterocycles. The Bertz CT molecular complexity index is 648. The van der Waals surface area contributed by atoms with E-state index in [4.69, 9.17) is 9.47 Å². The summed E-state index contributed by atoms with van der Waals surface area (Å²) in [4.78, 5) is 16.0. The van der Waals surface area contributed by atoms with Crippen LogP contribution in [0.4, 0.5) is 4.79 Å². The first-order valence-corrected chi connectivity index (χ1v) is 7.63. The van der Waals surface area contributed by atoms with Gasteiger partial charge in [-0.2, -0.15) is 5.10 Å². The Morgan fingerprint density at radius 2 is 2.39 bits per heavy atom. The fourth-order valence-electron chi connectivity index (χ4n) is 2.39. The van der Waals surface area contributed by atoms with Crippen molar-refractivity contribution in [3.63, 3.8) is 0 Å². The quantitative estimate of drug-likeness (QED) is 0.909. The summed E-state index contributed by atoms with van der Waals surface area (Å²) in [7, 11) is 1.87. The lowest BCUT2D eigenvalue weighted by molar-refractivity contribution is 0.116. The number of hydrogen-bond acceptors (Lipinski definition) is 5. The zero-order valence-corrected chi connectivity index (χ0v) is 13.1. The lowest BCUT2D eigenvalue weighted by Crippen LogP contribution is -2.26. The third kappa shape index (κ3) is 4.29. The van der Waals surface area contributed by atoms with Gasteiger partial charge in [0.15, 0.2) is 0 Å². The molecular formula is C16H20N4O3. The van der Waals surface area contributed by atoms with Gasteiger partial charge in [0.1, 0.15) is 0 Å². The topological polar surface area (TPSA) is 78.3 Å². The maximum absolute atomic E-state index is 11.7. The maximum atomic E-state index is 11.7. The van der Waals surface area contributed by atoms with Gasteiger partial charge in [0.25, 0.3) is 0 Å². The zero-order chi connectivity index (χ0) is 16.1. The molecule has 1 saturated heterocycles. The van der Waals surface area contributed by atoms with E-state index in [9.17, 15) is 4.79 Å². The summed E-state index contributed by atoms with van der Waals surface area (Å²) in [6, 6.07) is 3.84. The van der Waals surface area contributed by atoms with Crippen molar-refractivity contribution in [1.29, 1.82) is 0 Å². The second-order valence-corrected chi connectivity index (χ2v) is 5.64. The number of nitrogens with zero attached hydrogens (tertiary/aromatic N) is 3. The van der Waals surface area contributed by atoms with Crippen LogP contribution in [0.15, 0.2) is 30.7 Å². The highest BCUT2D eigenvalue weighted by Crippen LogP contribution is 2.15. The fraction of sp³-hybridized carbons (Fsp3) is 0.438. The van der Waals surface area contributed by atoms with Crippen LogP contribution in [-0.2, 0) is 23.1 Å². The van der Waals surface area contributed by atoms with E-state index in [2.05, 4.69) is 15.4 Å². The third-order valence-corrected chi connectivity index (χ3v) is 3.74. The smallest absolute Gasteiger partial charge is 0.407 e. The van der Waals surface area contributed by atoms with E-state index >= 15 is 0 Å². The summed E-state index contributed by atoms with van der Waals surface area (Å²) in [5.41, 5.74) is 2.73. The molecule has 0 unspecified atom stereocenters. The van der Waals surface area contributed by atoms with Gasteiger partial charge in [-0.15, -0.1) is 0 Å². The Balaban J connectivity index is 1.45. The third-order valence-electron chi connectivity index (χ3n) is 3.74. The minimum absolute atomic E-state index is 0.321. The fourth-order valence-corrected chi connectivity index (χ4v) is 2.39. The molecule has 1 aliphatic rings. The molecule has 0 bridgehead atoms. The molecule has 0 spiro atoms. The van der Waals surface area contributed by atoms with Gasteiger partial charge in [-0.25, -0.2) is 4.79 Å².